The zero-order valence-electron chi connectivity index (χ0n) is 18.1. The van der Waals surface area contributed by atoms with Gasteiger partial charge in [-0.3, -0.25) is 14.4 Å². The normalized spacial score (nSPS) is 15.8. The summed E-state index contributed by atoms with van der Waals surface area (Å²) in [5, 5.41) is 4.47. The highest BCUT2D eigenvalue weighted by molar-refractivity contribution is 6.05. The number of nitrogens with zero attached hydrogens (tertiary/aromatic N) is 1. The van der Waals surface area contributed by atoms with E-state index in [4.69, 9.17) is 4.42 Å². The molecule has 1 atom stereocenters. The van der Waals surface area contributed by atoms with E-state index in [2.05, 4.69) is 10.6 Å². The number of likely N-dealkylation sites (tertiary alicyclic amines) is 1. The van der Waals surface area contributed by atoms with Gasteiger partial charge in [0.1, 0.15) is 11.6 Å². The lowest BCUT2D eigenvalue weighted by Gasteiger charge is -2.18. The summed E-state index contributed by atoms with van der Waals surface area (Å²) < 4.78 is 60.2. The molecule has 35 heavy (non-hydrogen) atoms. The number of carbonyl (C=O) groups excluding carboxylic acids is 3. The van der Waals surface area contributed by atoms with Crippen molar-refractivity contribution in [3.8, 4) is 0 Å². The summed E-state index contributed by atoms with van der Waals surface area (Å²) in [5.41, 5.74) is -2.29. The molecule has 3 aromatic rings. The maximum atomic E-state index is 13.8. The van der Waals surface area contributed by atoms with Crippen molar-refractivity contribution >= 4 is 29.1 Å². The van der Waals surface area contributed by atoms with E-state index in [1.54, 1.807) is 12.1 Å². The number of carbonyl (C=O) groups is 3. The molecule has 1 unspecified atom stereocenters. The first-order chi connectivity index (χ1) is 16.6. The number of alkyl halides is 3. The number of amides is 3. The predicted octanol–water partition coefficient (Wildman–Crippen LogP) is 4.68. The van der Waals surface area contributed by atoms with Gasteiger partial charge in [-0.05, 0) is 42.5 Å². The highest BCUT2D eigenvalue weighted by atomic mass is 19.4. The van der Waals surface area contributed by atoms with E-state index < -0.39 is 41.0 Å². The van der Waals surface area contributed by atoms with Gasteiger partial charge in [0, 0.05) is 18.7 Å². The van der Waals surface area contributed by atoms with Gasteiger partial charge in [0.25, 0.3) is 5.91 Å². The van der Waals surface area contributed by atoms with E-state index in [0.717, 1.165) is 18.2 Å². The van der Waals surface area contributed by atoms with Crippen LogP contribution in [0.1, 0.15) is 28.1 Å². The fourth-order valence-electron chi connectivity index (χ4n) is 3.74. The van der Waals surface area contributed by atoms with Gasteiger partial charge in [-0.1, -0.05) is 12.1 Å². The van der Waals surface area contributed by atoms with E-state index in [0.29, 0.717) is 11.8 Å². The Bertz CT molecular complexity index is 1260. The number of hydrogen-bond donors (Lipinski definition) is 2. The SMILES string of the molecule is O=C(Nc1ccc(NC(=O)C2CC(=O)N(Cc3ccco3)C2)c(C(F)(F)F)c1)c1ccccc1F. The molecule has 1 fully saturated rings. The Morgan fingerprint density at radius 1 is 1.06 bits per heavy atom. The summed E-state index contributed by atoms with van der Waals surface area (Å²) >= 11 is 0. The number of hydrogen-bond acceptors (Lipinski definition) is 4. The van der Waals surface area contributed by atoms with Crippen LogP contribution in [0.15, 0.2) is 65.3 Å². The lowest BCUT2D eigenvalue weighted by molar-refractivity contribution is -0.137. The number of nitrogens with one attached hydrogen (secondary N) is 2. The number of halogens is 4. The molecule has 4 rings (SSSR count). The van der Waals surface area contributed by atoms with Crippen LogP contribution in [-0.4, -0.2) is 29.2 Å². The Morgan fingerprint density at radius 3 is 2.51 bits per heavy atom. The number of anilines is 2. The van der Waals surface area contributed by atoms with E-state index in [-0.39, 0.29) is 36.7 Å². The van der Waals surface area contributed by atoms with Gasteiger partial charge in [0.05, 0.1) is 35.5 Å². The smallest absolute Gasteiger partial charge is 0.418 e. The summed E-state index contributed by atoms with van der Waals surface area (Å²) in [6.07, 6.45) is -3.57. The van der Waals surface area contributed by atoms with Crippen LogP contribution in [-0.2, 0) is 22.3 Å². The summed E-state index contributed by atoms with van der Waals surface area (Å²) in [7, 11) is 0. The van der Waals surface area contributed by atoms with Crippen LogP contribution in [0, 0.1) is 11.7 Å². The highest BCUT2D eigenvalue weighted by Crippen LogP contribution is 2.37. The lowest BCUT2D eigenvalue weighted by atomic mass is 10.1. The van der Waals surface area contributed by atoms with Crippen molar-refractivity contribution in [3.63, 3.8) is 0 Å². The van der Waals surface area contributed by atoms with Gasteiger partial charge < -0.3 is 20.0 Å². The van der Waals surface area contributed by atoms with Gasteiger partial charge >= 0.3 is 6.18 Å². The van der Waals surface area contributed by atoms with Gasteiger partial charge in [-0.15, -0.1) is 0 Å². The van der Waals surface area contributed by atoms with Crippen molar-refractivity contribution < 1.29 is 36.4 Å². The third-order valence-corrected chi connectivity index (χ3v) is 5.47. The molecule has 0 bridgehead atoms. The molecule has 1 aliphatic heterocycles. The van der Waals surface area contributed by atoms with Gasteiger partial charge in [0.2, 0.25) is 11.8 Å². The molecule has 7 nitrogen and oxygen atoms in total. The van der Waals surface area contributed by atoms with Crippen molar-refractivity contribution in [1.82, 2.24) is 4.90 Å². The van der Waals surface area contributed by atoms with E-state index >= 15 is 0 Å². The predicted molar refractivity (Wildman–Crippen MR) is 117 cm³/mol. The van der Waals surface area contributed by atoms with Crippen molar-refractivity contribution in [2.45, 2.75) is 19.1 Å². The van der Waals surface area contributed by atoms with E-state index in [1.807, 2.05) is 0 Å². The molecule has 182 valence electrons. The van der Waals surface area contributed by atoms with Crippen LogP contribution < -0.4 is 10.6 Å². The van der Waals surface area contributed by atoms with Crippen LogP contribution in [0.5, 0.6) is 0 Å². The summed E-state index contributed by atoms with van der Waals surface area (Å²) in [4.78, 5) is 38.6. The number of benzene rings is 2. The fourth-order valence-corrected chi connectivity index (χ4v) is 3.74. The first-order valence-corrected chi connectivity index (χ1v) is 10.5. The van der Waals surface area contributed by atoms with Crippen LogP contribution in [0.4, 0.5) is 28.9 Å². The molecule has 1 saturated heterocycles. The zero-order valence-corrected chi connectivity index (χ0v) is 18.1. The fraction of sp³-hybridized carbons (Fsp3) is 0.208. The monoisotopic (exact) mass is 489 g/mol. The second-order valence-electron chi connectivity index (χ2n) is 7.94. The van der Waals surface area contributed by atoms with Crippen LogP contribution in [0.25, 0.3) is 0 Å². The molecule has 0 radical (unpaired) electrons. The first-order valence-electron chi connectivity index (χ1n) is 10.5. The summed E-state index contributed by atoms with van der Waals surface area (Å²) in [6, 6.07) is 11.2. The second-order valence-corrected chi connectivity index (χ2v) is 7.94. The topological polar surface area (TPSA) is 91.7 Å². The maximum absolute atomic E-state index is 13.8. The Balaban J connectivity index is 1.48. The molecule has 0 spiro atoms. The zero-order chi connectivity index (χ0) is 25.2. The number of rotatable bonds is 6. The van der Waals surface area contributed by atoms with Crippen molar-refractivity contribution in [2.24, 2.45) is 5.92 Å². The largest absolute Gasteiger partial charge is 0.467 e. The van der Waals surface area contributed by atoms with Crippen LogP contribution in [0.3, 0.4) is 0 Å². The molecule has 0 aliphatic carbocycles. The van der Waals surface area contributed by atoms with Crippen molar-refractivity contribution in [3.05, 3.63) is 83.6 Å². The van der Waals surface area contributed by atoms with E-state index in [1.165, 1.54) is 29.4 Å². The van der Waals surface area contributed by atoms with Gasteiger partial charge in [-0.25, -0.2) is 4.39 Å². The highest BCUT2D eigenvalue weighted by Gasteiger charge is 2.38. The molecule has 0 saturated carbocycles. The van der Waals surface area contributed by atoms with Crippen LogP contribution >= 0.6 is 0 Å². The third-order valence-electron chi connectivity index (χ3n) is 5.47. The maximum Gasteiger partial charge on any atom is 0.418 e. The van der Waals surface area contributed by atoms with Gasteiger partial charge in [-0.2, -0.15) is 13.2 Å². The molecule has 11 heteroatoms. The minimum absolute atomic E-state index is 0.0312. The molecule has 2 N–H and O–H groups in total. The van der Waals surface area contributed by atoms with Crippen LogP contribution in [0.2, 0.25) is 0 Å². The Labute approximate surface area is 196 Å². The molecular formula is C24H19F4N3O4. The van der Waals surface area contributed by atoms with Gasteiger partial charge in [0.15, 0.2) is 0 Å². The summed E-state index contributed by atoms with van der Waals surface area (Å²) in [5.74, 6) is -3.13. The second kappa shape index (κ2) is 9.61. The average molecular weight is 489 g/mol. The van der Waals surface area contributed by atoms with E-state index in [9.17, 15) is 31.9 Å². The van der Waals surface area contributed by atoms with Crippen molar-refractivity contribution in [1.29, 1.82) is 0 Å². The molecule has 3 amide bonds. The summed E-state index contributed by atoms with van der Waals surface area (Å²) in [6.45, 7) is 0.184. The molecular weight excluding hydrogens is 470 g/mol. The Morgan fingerprint density at radius 2 is 1.83 bits per heavy atom. The third kappa shape index (κ3) is 5.51. The van der Waals surface area contributed by atoms with Crippen molar-refractivity contribution in [2.75, 3.05) is 17.2 Å². The average Bonchev–Trinajstić information content (AvgIpc) is 3.44. The minimum atomic E-state index is -4.86. The Hall–Kier alpha value is -4.15. The molecule has 2 aromatic carbocycles. The standard InChI is InChI=1S/C24H19F4N3O4/c25-19-6-2-1-5-17(19)23(34)29-15-7-8-20(18(11-15)24(26,27)28)30-22(33)14-10-21(32)31(12-14)13-16-4-3-9-35-16/h1-9,11,14H,10,12-13H2,(H,29,34)(H,30,33). The lowest BCUT2D eigenvalue weighted by Crippen LogP contribution is -2.28. The Kier molecular flexibility index (Phi) is 6.59. The minimum Gasteiger partial charge on any atom is -0.467 e. The molecule has 1 aromatic heterocycles. The quantitative estimate of drug-likeness (QED) is 0.492. The molecule has 1 aliphatic rings. The first kappa shape index (κ1) is 24.0. The molecule has 2 heterocycles. The number of furan rings is 1.